The first-order chi connectivity index (χ1) is 11.1. The number of hydrogen-bond acceptors (Lipinski definition) is 5. The second-order valence-electron chi connectivity index (χ2n) is 4.80. The van der Waals surface area contributed by atoms with Gasteiger partial charge in [-0.2, -0.15) is 0 Å². The molecule has 1 aromatic carbocycles. The summed E-state index contributed by atoms with van der Waals surface area (Å²) in [4.78, 5) is 22.8. The number of aromatic nitrogens is 3. The van der Waals surface area contributed by atoms with Crippen LogP contribution in [0, 0.1) is 0 Å². The molecule has 0 saturated carbocycles. The molecule has 2 heterocycles. The Morgan fingerprint density at radius 1 is 1.39 bits per heavy atom. The highest BCUT2D eigenvalue weighted by atomic mass is 35.5. The van der Waals surface area contributed by atoms with Crippen molar-refractivity contribution in [1.29, 1.82) is 0 Å². The Bertz CT molecular complexity index is 827. The van der Waals surface area contributed by atoms with Crippen molar-refractivity contribution in [2.75, 3.05) is 12.3 Å². The first-order valence-corrected chi connectivity index (χ1v) is 7.29. The van der Waals surface area contributed by atoms with E-state index in [9.17, 15) is 4.79 Å². The Balaban J connectivity index is 1.60. The number of carbonyl (C=O) groups is 1. The van der Waals surface area contributed by atoms with E-state index in [1.54, 1.807) is 0 Å². The quantitative estimate of drug-likeness (QED) is 0.664. The summed E-state index contributed by atoms with van der Waals surface area (Å²) in [6.45, 7) is 0.441. The molecule has 0 saturated heterocycles. The summed E-state index contributed by atoms with van der Waals surface area (Å²) in [6.07, 6.45) is 3.34. The number of aromatic amines is 1. The number of H-pyrrole nitrogens is 1. The van der Waals surface area contributed by atoms with Gasteiger partial charge in [-0.05, 0) is 18.1 Å². The first-order valence-electron chi connectivity index (χ1n) is 6.91. The SMILES string of the molecule is Nc1nc[nH]c1-c1nc(C(=O)NCCc2ccccc2Cl)co1. The summed E-state index contributed by atoms with van der Waals surface area (Å²) in [5.74, 6) is 0.152. The Kier molecular flexibility index (Phi) is 4.29. The Morgan fingerprint density at radius 3 is 2.96 bits per heavy atom. The molecule has 0 atom stereocenters. The molecule has 0 spiro atoms. The van der Waals surface area contributed by atoms with Crippen LogP contribution in [0.5, 0.6) is 0 Å². The lowest BCUT2D eigenvalue weighted by Crippen LogP contribution is -2.26. The van der Waals surface area contributed by atoms with Crippen molar-refractivity contribution < 1.29 is 9.21 Å². The standard InChI is InChI=1S/C15H14ClN5O2/c16-10-4-2-1-3-9(10)5-6-18-14(22)11-7-23-15(21-11)12-13(17)20-8-19-12/h1-4,7-8H,5-6,17H2,(H,18,22)(H,19,20). The number of anilines is 1. The molecule has 0 aliphatic heterocycles. The van der Waals surface area contributed by atoms with E-state index >= 15 is 0 Å². The van der Waals surface area contributed by atoms with Gasteiger partial charge in [0.1, 0.15) is 12.0 Å². The number of nitrogens with one attached hydrogen (secondary N) is 2. The molecule has 2 aromatic heterocycles. The van der Waals surface area contributed by atoms with E-state index in [0.717, 1.165) is 5.56 Å². The normalized spacial score (nSPS) is 10.7. The van der Waals surface area contributed by atoms with Crippen LogP contribution >= 0.6 is 11.6 Å². The van der Waals surface area contributed by atoms with E-state index in [1.165, 1.54) is 12.6 Å². The molecule has 8 heteroatoms. The molecule has 0 bridgehead atoms. The van der Waals surface area contributed by atoms with Gasteiger partial charge in [-0.3, -0.25) is 4.79 Å². The average molecular weight is 332 g/mol. The molecule has 3 rings (SSSR count). The number of nitrogens with zero attached hydrogens (tertiary/aromatic N) is 2. The number of nitrogens with two attached hydrogens (primary N) is 1. The van der Waals surface area contributed by atoms with Crippen molar-refractivity contribution in [1.82, 2.24) is 20.3 Å². The zero-order valence-electron chi connectivity index (χ0n) is 12.0. The molecule has 4 N–H and O–H groups in total. The lowest BCUT2D eigenvalue weighted by Gasteiger charge is -2.04. The van der Waals surface area contributed by atoms with Gasteiger partial charge in [0.05, 0.1) is 6.33 Å². The molecule has 0 fully saturated rings. The smallest absolute Gasteiger partial charge is 0.273 e. The Morgan fingerprint density at radius 2 is 2.22 bits per heavy atom. The molecule has 3 aromatic rings. The van der Waals surface area contributed by atoms with Crippen LogP contribution in [0.25, 0.3) is 11.6 Å². The Labute approximate surface area is 136 Å². The van der Waals surface area contributed by atoms with Crippen LogP contribution in [0.4, 0.5) is 5.82 Å². The fraction of sp³-hybridized carbons (Fsp3) is 0.133. The van der Waals surface area contributed by atoms with Crippen molar-refractivity contribution in [2.24, 2.45) is 0 Å². The average Bonchev–Trinajstić information content (AvgIpc) is 3.17. The number of hydrogen-bond donors (Lipinski definition) is 3. The summed E-state index contributed by atoms with van der Waals surface area (Å²) < 4.78 is 5.25. The van der Waals surface area contributed by atoms with Gasteiger partial charge in [-0.1, -0.05) is 29.8 Å². The topological polar surface area (TPSA) is 110 Å². The van der Waals surface area contributed by atoms with Crippen molar-refractivity contribution in [3.05, 3.63) is 53.1 Å². The maximum atomic E-state index is 12.1. The number of carbonyl (C=O) groups excluding carboxylic acids is 1. The molecule has 118 valence electrons. The minimum absolute atomic E-state index is 0.174. The van der Waals surface area contributed by atoms with Crippen molar-refractivity contribution in [3.63, 3.8) is 0 Å². The monoisotopic (exact) mass is 331 g/mol. The second-order valence-corrected chi connectivity index (χ2v) is 5.21. The fourth-order valence-electron chi connectivity index (χ4n) is 2.07. The number of nitrogen functional groups attached to an aromatic ring is 1. The highest BCUT2D eigenvalue weighted by molar-refractivity contribution is 6.31. The molecule has 0 unspecified atom stereocenters. The van der Waals surface area contributed by atoms with Crippen molar-refractivity contribution >= 4 is 23.3 Å². The van der Waals surface area contributed by atoms with E-state index in [-0.39, 0.29) is 23.3 Å². The molecule has 0 aliphatic carbocycles. The van der Waals surface area contributed by atoms with Gasteiger partial charge < -0.3 is 20.5 Å². The third kappa shape index (κ3) is 3.35. The third-order valence-electron chi connectivity index (χ3n) is 3.26. The molecule has 1 amide bonds. The number of rotatable bonds is 5. The van der Waals surface area contributed by atoms with Crippen LogP contribution in [0.15, 0.2) is 41.3 Å². The summed E-state index contributed by atoms with van der Waals surface area (Å²) in [5.41, 5.74) is 7.25. The van der Waals surface area contributed by atoms with Crippen molar-refractivity contribution in [3.8, 4) is 11.6 Å². The molecular formula is C15H14ClN5O2. The van der Waals surface area contributed by atoms with Gasteiger partial charge in [0.25, 0.3) is 5.91 Å². The van der Waals surface area contributed by atoms with Crippen LogP contribution in [0.3, 0.4) is 0 Å². The summed E-state index contributed by atoms with van der Waals surface area (Å²) in [5, 5.41) is 3.45. The zero-order chi connectivity index (χ0) is 16.2. The van der Waals surface area contributed by atoms with Crippen LogP contribution in [-0.2, 0) is 6.42 Å². The number of benzene rings is 1. The van der Waals surface area contributed by atoms with Gasteiger partial charge in [0.15, 0.2) is 11.5 Å². The second kappa shape index (κ2) is 6.53. The lowest BCUT2D eigenvalue weighted by atomic mass is 10.1. The summed E-state index contributed by atoms with van der Waals surface area (Å²) in [7, 11) is 0. The van der Waals surface area contributed by atoms with Gasteiger partial charge in [0.2, 0.25) is 5.89 Å². The minimum atomic E-state index is -0.329. The van der Waals surface area contributed by atoms with E-state index in [1.807, 2.05) is 24.3 Å². The minimum Gasteiger partial charge on any atom is -0.442 e. The van der Waals surface area contributed by atoms with Gasteiger partial charge >= 0.3 is 0 Å². The van der Waals surface area contributed by atoms with Gasteiger partial charge in [0, 0.05) is 11.6 Å². The number of oxazole rings is 1. The summed E-state index contributed by atoms with van der Waals surface area (Å²) >= 11 is 6.07. The fourth-order valence-corrected chi connectivity index (χ4v) is 2.30. The van der Waals surface area contributed by atoms with E-state index in [2.05, 4.69) is 20.3 Å². The molecule has 7 nitrogen and oxygen atoms in total. The largest absolute Gasteiger partial charge is 0.442 e. The maximum Gasteiger partial charge on any atom is 0.273 e. The molecular weight excluding hydrogens is 318 g/mol. The number of amides is 1. The molecule has 23 heavy (non-hydrogen) atoms. The van der Waals surface area contributed by atoms with Gasteiger partial charge in [-0.25, -0.2) is 9.97 Å². The van der Waals surface area contributed by atoms with E-state index in [0.29, 0.717) is 23.7 Å². The number of halogens is 1. The summed E-state index contributed by atoms with van der Waals surface area (Å²) in [6, 6.07) is 7.51. The molecule has 0 aliphatic rings. The van der Waals surface area contributed by atoms with Crippen LogP contribution < -0.4 is 11.1 Å². The first kappa shape index (κ1) is 15.1. The van der Waals surface area contributed by atoms with E-state index < -0.39 is 0 Å². The van der Waals surface area contributed by atoms with Crippen LogP contribution in [0.2, 0.25) is 5.02 Å². The third-order valence-corrected chi connectivity index (χ3v) is 3.63. The van der Waals surface area contributed by atoms with Gasteiger partial charge in [-0.15, -0.1) is 0 Å². The van der Waals surface area contributed by atoms with E-state index in [4.69, 9.17) is 21.8 Å². The number of imidazole rings is 1. The highest BCUT2D eigenvalue weighted by Gasteiger charge is 2.16. The van der Waals surface area contributed by atoms with Crippen LogP contribution in [0.1, 0.15) is 16.1 Å². The highest BCUT2D eigenvalue weighted by Crippen LogP contribution is 2.21. The Hall–Kier alpha value is -2.80. The zero-order valence-corrected chi connectivity index (χ0v) is 12.8. The molecule has 0 radical (unpaired) electrons. The predicted octanol–water partition coefficient (Wildman–Crippen LogP) is 2.27. The predicted molar refractivity (Wildman–Crippen MR) is 86.0 cm³/mol. The lowest BCUT2D eigenvalue weighted by molar-refractivity contribution is 0.0949. The van der Waals surface area contributed by atoms with Crippen molar-refractivity contribution in [2.45, 2.75) is 6.42 Å². The maximum absolute atomic E-state index is 12.1. The van der Waals surface area contributed by atoms with Crippen LogP contribution in [-0.4, -0.2) is 27.4 Å².